The summed E-state index contributed by atoms with van der Waals surface area (Å²) in [7, 11) is 0. The van der Waals surface area contributed by atoms with E-state index in [4.69, 9.17) is 0 Å². The molecular formula is C16H11Br2N. The number of benzene rings is 2. The summed E-state index contributed by atoms with van der Waals surface area (Å²) in [6, 6.07) is 16.0. The third-order valence-corrected chi connectivity index (χ3v) is 4.47. The maximum absolute atomic E-state index is 9.29. The fourth-order valence-corrected chi connectivity index (χ4v) is 2.93. The van der Waals surface area contributed by atoms with Crippen molar-refractivity contribution in [2.24, 2.45) is 0 Å². The van der Waals surface area contributed by atoms with E-state index in [0.717, 1.165) is 25.6 Å². The van der Waals surface area contributed by atoms with E-state index in [1.165, 1.54) is 0 Å². The zero-order valence-electron chi connectivity index (χ0n) is 10.3. The van der Waals surface area contributed by atoms with Crippen LogP contribution in [0.3, 0.4) is 0 Å². The summed E-state index contributed by atoms with van der Waals surface area (Å²) in [6.07, 6.45) is 1.89. The highest BCUT2D eigenvalue weighted by Gasteiger charge is 2.04. The van der Waals surface area contributed by atoms with Gasteiger partial charge in [0, 0.05) is 8.95 Å². The van der Waals surface area contributed by atoms with Crippen LogP contribution in [0.2, 0.25) is 0 Å². The van der Waals surface area contributed by atoms with E-state index in [0.29, 0.717) is 5.57 Å². The highest BCUT2D eigenvalue weighted by atomic mass is 79.9. The van der Waals surface area contributed by atoms with Gasteiger partial charge in [-0.1, -0.05) is 62.2 Å². The smallest absolute Gasteiger partial charge is 0.0998 e. The molecule has 3 heteroatoms. The van der Waals surface area contributed by atoms with Gasteiger partial charge >= 0.3 is 0 Å². The van der Waals surface area contributed by atoms with E-state index in [9.17, 15) is 5.26 Å². The molecule has 0 spiro atoms. The molecule has 2 aromatic carbocycles. The van der Waals surface area contributed by atoms with Crippen molar-refractivity contribution < 1.29 is 0 Å². The molecule has 2 rings (SSSR count). The summed E-state index contributed by atoms with van der Waals surface area (Å²) < 4.78 is 2.05. The van der Waals surface area contributed by atoms with E-state index in [1.807, 2.05) is 55.5 Å². The lowest BCUT2D eigenvalue weighted by molar-refractivity contribution is 1.38. The molecule has 0 aromatic heterocycles. The SMILES string of the molecule is Cc1c(Br)cc(/C=C(/C#N)c2ccccc2)cc1Br. The van der Waals surface area contributed by atoms with Gasteiger partial charge in [-0.25, -0.2) is 0 Å². The summed E-state index contributed by atoms with van der Waals surface area (Å²) in [5.74, 6) is 0. The normalized spacial score (nSPS) is 11.2. The van der Waals surface area contributed by atoms with Gasteiger partial charge in [0.25, 0.3) is 0 Å². The van der Waals surface area contributed by atoms with Crippen LogP contribution >= 0.6 is 31.9 Å². The van der Waals surface area contributed by atoms with Gasteiger partial charge in [0.15, 0.2) is 0 Å². The van der Waals surface area contributed by atoms with Gasteiger partial charge in [-0.2, -0.15) is 5.26 Å². The Hall–Kier alpha value is -1.37. The Labute approximate surface area is 129 Å². The van der Waals surface area contributed by atoms with Gasteiger partial charge in [0.2, 0.25) is 0 Å². The average Bonchev–Trinajstić information content (AvgIpc) is 2.43. The number of allylic oxidation sites excluding steroid dienone is 1. The Balaban J connectivity index is 2.48. The van der Waals surface area contributed by atoms with Crippen molar-refractivity contribution in [1.29, 1.82) is 5.26 Å². The average molecular weight is 377 g/mol. The van der Waals surface area contributed by atoms with Crippen LogP contribution in [0.5, 0.6) is 0 Å². The van der Waals surface area contributed by atoms with E-state index in [-0.39, 0.29) is 0 Å². The molecule has 0 N–H and O–H groups in total. The molecule has 2 aromatic rings. The van der Waals surface area contributed by atoms with Crippen molar-refractivity contribution in [3.05, 3.63) is 68.1 Å². The van der Waals surface area contributed by atoms with Crippen LogP contribution in [-0.4, -0.2) is 0 Å². The summed E-state index contributed by atoms with van der Waals surface area (Å²) in [4.78, 5) is 0. The second kappa shape index (κ2) is 6.18. The lowest BCUT2D eigenvalue weighted by Crippen LogP contribution is -1.84. The van der Waals surface area contributed by atoms with E-state index in [2.05, 4.69) is 37.9 Å². The minimum atomic E-state index is 0.656. The highest BCUT2D eigenvalue weighted by molar-refractivity contribution is 9.11. The van der Waals surface area contributed by atoms with Crippen LogP contribution in [0.4, 0.5) is 0 Å². The first-order valence-corrected chi connectivity index (χ1v) is 7.33. The molecule has 0 heterocycles. The van der Waals surface area contributed by atoms with Crippen molar-refractivity contribution in [2.75, 3.05) is 0 Å². The number of nitrogens with zero attached hydrogens (tertiary/aromatic N) is 1. The maximum Gasteiger partial charge on any atom is 0.0998 e. The molecule has 0 unspecified atom stereocenters. The molecule has 0 saturated heterocycles. The van der Waals surface area contributed by atoms with Crippen LogP contribution in [-0.2, 0) is 0 Å². The fraction of sp³-hybridized carbons (Fsp3) is 0.0625. The monoisotopic (exact) mass is 375 g/mol. The van der Waals surface area contributed by atoms with Crippen molar-refractivity contribution in [3.8, 4) is 6.07 Å². The molecule has 0 radical (unpaired) electrons. The molecule has 19 heavy (non-hydrogen) atoms. The number of nitriles is 1. The summed E-state index contributed by atoms with van der Waals surface area (Å²) in [6.45, 7) is 2.03. The van der Waals surface area contributed by atoms with Crippen molar-refractivity contribution in [1.82, 2.24) is 0 Å². The van der Waals surface area contributed by atoms with Gasteiger partial charge in [-0.05, 0) is 41.8 Å². The number of hydrogen-bond donors (Lipinski definition) is 0. The van der Waals surface area contributed by atoms with Gasteiger partial charge in [-0.15, -0.1) is 0 Å². The van der Waals surface area contributed by atoms with E-state index < -0.39 is 0 Å². The molecular weight excluding hydrogens is 366 g/mol. The summed E-state index contributed by atoms with van der Waals surface area (Å²) in [5, 5.41) is 9.29. The van der Waals surface area contributed by atoms with Crippen molar-refractivity contribution >= 4 is 43.5 Å². The van der Waals surface area contributed by atoms with Crippen LogP contribution in [0, 0.1) is 18.3 Å². The molecule has 0 aliphatic heterocycles. The van der Waals surface area contributed by atoms with Crippen LogP contribution in [0.1, 0.15) is 16.7 Å². The van der Waals surface area contributed by atoms with E-state index >= 15 is 0 Å². The van der Waals surface area contributed by atoms with Gasteiger partial charge in [0.1, 0.15) is 0 Å². The van der Waals surface area contributed by atoms with Crippen molar-refractivity contribution in [3.63, 3.8) is 0 Å². The van der Waals surface area contributed by atoms with Crippen LogP contribution in [0.25, 0.3) is 11.6 Å². The molecule has 1 nitrogen and oxygen atoms in total. The zero-order chi connectivity index (χ0) is 13.8. The Bertz CT molecular complexity index is 644. The molecule has 0 atom stereocenters. The predicted octanol–water partition coefficient (Wildman–Crippen LogP) is 5.58. The second-order valence-corrected chi connectivity index (χ2v) is 5.85. The second-order valence-electron chi connectivity index (χ2n) is 4.15. The number of rotatable bonds is 2. The van der Waals surface area contributed by atoms with Gasteiger partial charge in [0.05, 0.1) is 11.6 Å². The summed E-state index contributed by atoms with van der Waals surface area (Å²) >= 11 is 7.05. The van der Waals surface area contributed by atoms with Crippen LogP contribution in [0.15, 0.2) is 51.4 Å². The predicted molar refractivity (Wildman–Crippen MR) is 86.5 cm³/mol. The van der Waals surface area contributed by atoms with Crippen LogP contribution < -0.4 is 0 Å². The first kappa shape index (κ1) is 14.0. The number of hydrogen-bond acceptors (Lipinski definition) is 1. The molecule has 0 aliphatic rings. The largest absolute Gasteiger partial charge is 0.192 e. The first-order valence-electron chi connectivity index (χ1n) is 5.74. The Kier molecular flexibility index (Phi) is 4.57. The molecule has 0 amide bonds. The van der Waals surface area contributed by atoms with Gasteiger partial charge in [-0.3, -0.25) is 0 Å². The van der Waals surface area contributed by atoms with Gasteiger partial charge < -0.3 is 0 Å². The Morgan fingerprint density at radius 1 is 1.11 bits per heavy atom. The fourth-order valence-electron chi connectivity index (χ4n) is 1.71. The quantitative estimate of drug-likeness (QED) is 0.495. The molecule has 0 saturated carbocycles. The third kappa shape index (κ3) is 3.34. The molecule has 0 bridgehead atoms. The minimum absolute atomic E-state index is 0.656. The maximum atomic E-state index is 9.29. The minimum Gasteiger partial charge on any atom is -0.192 e. The molecule has 0 fully saturated rings. The Morgan fingerprint density at radius 3 is 2.21 bits per heavy atom. The standard InChI is InChI=1S/C16H11Br2N/c1-11-15(17)8-12(9-16(11)18)7-14(10-19)13-5-3-2-4-6-13/h2-9H,1H3/b14-7-. The first-order chi connectivity index (χ1) is 9.11. The zero-order valence-corrected chi connectivity index (χ0v) is 13.5. The third-order valence-electron chi connectivity index (χ3n) is 2.82. The summed E-state index contributed by atoms with van der Waals surface area (Å²) in [5.41, 5.74) is 3.72. The molecule has 0 aliphatic carbocycles. The molecule has 94 valence electrons. The van der Waals surface area contributed by atoms with Crippen molar-refractivity contribution in [2.45, 2.75) is 6.92 Å². The Morgan fingerprint density at radius 2 is 1.68 bits per heavy atom. The topological polar surface area (TPSA) is 23.8 Å². The lowest BCUT2D eigenvalue weighted by atomic mass is 10.0. The van der Waals surface area contributed by atoms with E-state index in [1.54, 1.807) is 0 Å². The number of halogens is 2. The highest BCUT2D eigenvalue weighted by Crippen LogP contribution is 2.28. The lowest BCUT2D eigenvalue weighted by Gasteiger charge is -2.05.